The molecule has 1 heterocycles. The monoisotopic (exact) mass is 453 g/mol. The van der Waals surface area contributed by atoms with Crippen LogP contribution < -0.4 is 19.5 Å². The van der Waals surface area contributed by atoms with Crippen molar-refractivity contribution in [2.24, 2.45) is 0 Å². The Balaban J connectivity index is 1.67. The van der Waals surface area contributed by atoms with Crippen LogP contribution >= 0.6 is 0 Å². The Kier molecular flexibility index (Phi) is 7.64. The highest BCUT2D eigenvalue weighted by molar-refractivity contribution is 5.93. The second-order valence-corrected chi connectivity index (χ2v) is 6.75. The zero-order valence-electron chi connectivity index (χ0n) is 18.4. The molecular weight excluding hydrogens is 430 g/mol. The number of nitro groups is 1. The van der Waals surface area contributed by atoms with Crippen molar-refractivity contribution in [1.29, 1.82) is 0 Å². The van der Waals surface area contributed by atoms with Gasteiger partial charge in [-0.1, -0.05) is 29.4 Å². The van der Waals surface area contributed by atoms with Gasteiger partial charge in [0.15, 0.2) is 23.8 Å². The summed E-state index contributed by atoms with van der Waals surface area (Å²) in [5.41, 5.74) is 1.24. The van der Waals surface area contributed by atoms with Gasteiger partial charge in [-0.25, -0.2) is 0 Å². The first-order valence-corrected chi connectivity index (χ1v) is 10.0. The fourth-order valence-corrected chi connectivity index (χ4v) is 2.97. The Morgan fingerprint density at radius 3 is 2.67 bits per heavy atom. The van der Waals surface area contributed by atoms with Gasteiger partial charge in [0.1, 0.15) is 5.75 Å². The molecule has 0 aliphatic carbocycles. The van der Waals surface area contributed by atoms with Crippen LogP contribution in [0.25, 0.3) is 12.2 Å². The SMILES string of the molecule is CCOc1ccccc1NC(=O)COc1ccc(/C=C\c2onc(C)c2[N+](=O)[O-])cc1OC. The van der Waals surface area contributed by atoms with Gasteiger partial charge < -0.3 is 24.1 Å². The number of aryl methyl sites for hydroxylation is 1. The van der Waals surface area contributed by atoms with Crippen molar-refractivity contribution >= 4 is 29.4 Å². The summed E-state index contributed by atoms with van der Waals surface area (Å²) in [6, 6.07) is 12.1. The van der Waals surface area contributed by atoms with Crippen molar-refractivity contribution in [3.05, 3.63) is 69.6 Å². The van der Waals surface area contributed by atoms with E-state index < -0.39 is 4.92 Å². The van der Waals surface area contributed by atoms with Crippen molar-refractivity contribution in [1.82, 2.24) is 5.16 Å². The Morgan fingerprint density at radius 2 is 1.94 bits per heavy atom. The van der Waals surface area contributed by atoms with Gasteiger partial charge in [0.05, 0.1) is 24.3 Å². The molecule has 0 spiro atoms. The van der Waals surface area contributed by atoms with Crippen molar-refractivity contribution in [2.75, 3.05) is 25.6 Å². The molecule has 0 aliphatic rings. The summed E-state index contributed by atoms with van der Waals surface area (Å²) in [5, 5.41) is 17.5. The molecule has 3 rings (SSSR count). The number of methoxy groups -OCH3 is 1. The number of rotatable bonds is 10. The third-order valence-corrected chi connectivity index (χ3v) is 4.47. The topological polar surface area (TPSA) is 126 Å². The van der Waals surface area contributed by atoms with E-state index in [0.717, 1.165) is 0 Å². The first-order chi connectivity index (χ1) is 15.9. The van der Waals surface area contributed by atoms with Crippen LogP contribution in [0.15, 0.2) is 47.0 Å². The molecule has 0 radical (unpaired) electrons. The van der Waals surface area contributed by atoms with Gasteiger partial charge in [-0.05, 0) is 49.8 Å². The number of hydrogen-bond acceptors (Lipinski definition) is 8. The second kappa shape index (κ2) is 10.8. The molecule has 2 aromatic carbocycles. The van der Waals surface area contributed by atoms with Crippen LogP contribution in [0.2, 0.25) is 0 Å². The summed E-state index contributed by atoms with van der Waals surface area (Å²) < 4.78 is 21.5. The number of aromatic nitrogens is 1. The normalized spacial score (nSPS) is 10.8. The lowest BCUT2D eigenvalue weighted by molar-refractivity contribution is -0.386. The summed E-state index contributed by atoms with van der Waals surface area (Å²) in [6.45, 7) is 3.60. The van der Waals surface area contributed by atoms with Crippen LogP contribution in [0.1, 0.15) is 23.9 Å². The molecular formula is C23H23N3O7. The van der Waals surface area contributed by atoms with Gasteiger partial charge >= 0.3 is 5.69 Å². The van der Waals surface area contributed by atoms with Crippen LogP contribution in [0, 0.1) is 17.0 Å². The lowest BCUT2D eigenvalue weighted by atomic mass is 10.1. The number of anilines is 1. The van der Waals surface area contributed by atoms with Gasteiger partial charge in [-0.15, -0.1) is 0 Å². The van der Waals surface area contributed by atoms with Gasteiger partial charge in [-0.2, -0.15) is 0 Å². The smallest absolute Gasteiger partial charge is 0.338 e. The molecule has 1 aromatic heterocycles. The number of nitrogens with one attached hydrogen (secondary N) is 1. The molecule has 10 heteroatoms. The zero-order valence-corrected chi connectivity index (χ0v) is 18.4. The first-order valence-electron chi connectivity index (χ1n) is 10.0. The Labute approximate surface area is 189 Å². The lowest BCUT2D eigenvalue weighted by Gasteiger charge is -2.13. The number of carbonyl (C=O) groups excluding carboxylic acids is 1. The number of ether oxygens (including phenoxy) is 3. The van der Waals surface area contributed by atoms with Gasteiger partial charge in [-0.3, -0.25) is 14.9 Å². The molecule has 0 fully saturated rings. The Bertz CT molecular complexity index is 1170. The number of benzene rings is 2. The summed E-state index contributed by atoms with van der Waals surface area (Å²) in [7, 11) is 1.47. The van der Waals surface area contributed by atoms with E-state index in [2.05, 4.69) is 10.5 Å². The molecule has 33 heavy (non-hydrogen) atoms. The van der Waals surface area contributed by atoms with Gasteiger partial charge in [0.25, 0.3) is 5.91 Å². The molecule has 3 aromatic rings. The van der Waals surface area contributed by atoms with Crippen molar-refractivity contribution < 1.29 is 28.5 Å². The third kappa shape index (κ3) is 5.88. The second-order valence-electron chi connectivity index (χ2n) is 6.75. The van der Waals surface area contributed by atoms with E-state index in [-0.39, 0.29) is 29.7 Å². The largest absolute Gasteiger partial charge is 0.493 e. The molecule has 1 N–H and O–H groups in total. The molecule has 0 aliphatic heterocycles. The van der Waals surface area contributed by atoms with E-state index in [0.29, 0.717) is 35.1 Å². The summed E-state index contributed by atoms with van der Waals surface area (Å²) >= 11 is 0. The van der Waals surface area contributed by atoms with Crippen molar-refractivity contribution in [3.63, 3.8) is 0 Å². The van der Waals surface area contributed by atoms with E-state index in [1.54, 1.807) is 42.5 Å². The fourth-order valence-electron chi connectivity index (χ4n) is 2.97. The number of para-hydroxylation sites is 2. The molecule has 0 saturated heterocycles. The summed E-state index contributed by atoms with van der Waals surface area (Å²) in [6.07, 6.45) is 3.08. The average Bonchev–Trinajstić information content (AvgIpc) is 3.18. The molecule has 1 amide bonds. The van der Waals surface area contributed by atoms with E-state index in [4.69, 9.17) is 18.7 Å². The first kappa shape index (κ1) is 23.3. The van der Waals surface area contributed by atoms with Crippen molar-refractivity contribution in [3.8, 4) is 17.2 Å². The van der Waals surface area contributed by atoms with E-state index in [1.807, 2.05) is 13.0 Å². The lowest BCUT2D eigenvalue weighted by Crippen LogP contribution is -2.20. The fraction of sp³-hybridized carbons (Fsp3) is 0.217. The van der Waals surface area contributed by atoms with Crippen LogP contribution in [-0.2, 0) is 4.79 Å². The minimum atomic E-state index is -0.541. The number of amides is 1. The predicted octanol–water partition coefficient (Wildman–Crippen LogP) is 4.49. The standard InChI is InChI=1S/C23H23N3O7/c1-4-31-18-8-6-5-7-17(18)24-22(27)14-32-19-11-9-16(13-21(19)30-3)10-12-20-23(26(28)29)15(2)25-33-20/h5-13H,4,14H2,1-3H3,(H,24,27)/b12-10-. The molecule has 0 unspecified atom stereocenters. The van der Waals surface area contributed by atoms with Gasteiger partial charge in [0, 0.05) is 0 Å². The molecule has 0 bridgehead atoms. The third-order valence-electron chi connectivity index (χ3n) is 4.47. The van der Waals surface area contributed by atoms with E-state index in [9.17, 15) is 14.9 Å². The maximum Gasteiger partial charge on any atom is 0.338 e. The molecule has 10 nitrogen and oxygen atoms in total. The number of carbonyl (C=O) groups is 1. The maximum atomic E-state index is 12.3. The quantitative estimate of drug-likeness (QED) is 0.352. The van der Waals surface area contributed by atoms with Crippen LogP contribution in [-0.4, -0.2) is 36.3 Å². The zero-order chi connectivity index (χ0) is 23.8. The highest BCUT2D eigenvalue weighted by Gasteiger charge is 2.22. The van der Waals surface area contributed by atoms with Gasteiger partial charge in [0.2, 0.25) is 5.76 Å². The summed E-state index contributed by atoms with van der Waals surface area (Å²) in [5.74, 6) is 1.01. The predicted molar refractivity (Wildman–Crippen MR) is 122 cm³/mol. The average molecular weight is 453 g/mol. The molecule has 0 saturated carbocycles. The maximum absolute atomic E-state index is 12.3. The Hall–Kier alpha value is -4.34. The van der Waals surface area contributed by atoms with Crippen molar-refractivity contribution in [2.45, 2.75) is 13.8 Å². The minimum Gasteiger partial charge on any atom is -0.493 e. The van der Waals surface area contributed by atoms with Crippen LogP contribution in [0.3, 0.4) is 0 Å². The van der Waals surface area contributed by atoms with Crippen LogP contribution in [0.4, 0.5) is 11.4 Å². The van der Waals surface area contributed by atoms with E-state index in [1.165, 1.54) is 20.1 Å². The minimum absolute atomic E-state index is 0.0424. The van der Waals surface area contributed by atoms with Crippen LogP contribution in [0.5, 0.6) is 17.2 Å². The Morgan fingerprint density at radius 1 is 1.15 bits per heavy atom. The number of nitrogens with zero attached hydrogens (tertiary/aromatic N) is 2. The molecule has 172 valence electrons. The highest BCUT2D eigenvalue weighted by atomic mass is 16.6. The highest BCUT2D eigenvalue weighted by Crippen LogP contribution is 2.30. The van der Waals surface area contributed by atoms with E-state index >= 15 is 0 Å². The number of hydrogen-bond donors (Lipinski definition) is 1. The molecule has 0 atom stereocenters. The summed E-state index contributed by atoms with van der Waals surface area (Å²) in [4.78, 5) is 23.0.